The summed E-state index contributed by atoms with van der Waals surface area (Å²) >= 11 is 0. The Balaban J connectivity index is 1.89. The Bertz CT molecular complexity index is 386. The zero-order chi connectivity index (χ0) is 12.1. The molecule has 0 radical (unpaired) electrons. The van der Waals surface area contributed by atoms with Crippen molar-refractivity contribution in [2.24, 2.45) is 0 Å². The van der Waals surface area contributed by atoms with Crippen LogP contribution in [0, 0.1) is 0 Å². The molecular weight excluding hydrogens is 218 g/mol. The van der Waals surface area contributed by atoms with Crippen molar-refractivity contribution in [1.82, 2.24) is 5.32 Å². The van der Waals surface area contributed by atoms with E-state index in [-0.39, 0.29) is 0 Å². The van der Waals surface area contributed by atoms with Gasteiger partial charge in [-0.1, -0.05) is 12.1 Å². The van der Waals surface area contributed by atoms with Crippen molar-refractivity contribution in [3.63, 3.8) is 0 Å². The molecule has 1 aliphatic rings. The number of carbonyl (C=O) groups is 1. The predicted molar refractivity (Wildman–Crippen MR) is 64.1 cm³/mol. The lowest BCUT2D eigenvalue weighted by Gasteiger charge is -2.23. The van der Waals surface area contributed by atoms with E-state index in [1.165, 1.54) is 0 Å². The highest BCUT2D eigenvalue weighted by Crippen LogP contribution is 2.09. The molecule has 0 aliphatic carbocycles. The molecule has 1 fully saturated rings. The number of hydrogen-bond donors (Lipinski definition) is 2. The summed E-state index contributed by atoms with van der Waals surface area (Å²) in [4.78, 5) is 10.8. The van der Waals surface area contributed by atoms with E-state index >= 15 is 0 Å². The minimum absolute atomic E-state index is 0.337. The number of aromatic carboxylic acids is 1. The van der Waals surface area contributed by atoms with E-state index in [0.717, 1.165) is 31.6 Å². The highest BCUT2D eigenvalue weighted by atomic mass is 16.5. The van der Waals surface area contributed by atoms with Crippen molar-refractivity contribution in [2.45, 2.75) is 25.4 Å². The van der Waals surface area contributed by atoms with E-state index in [0.29, 0.717) is 18.2 Å². The van der Waals surface area contributed by atoms with Crippen molar-refractivity contribution in [2.75, 3.05) is 13.2 Å². The standard InChI is InChI=1S/C13H17NO3/c15-13(16)11-4-1-3-10(7-11)8-14-12-5-2-6-17-9-12/h1,3-4,7,12,14H,2,5-6,8-9H2,(H,15,16). The number of rotatable bonds is 4. The monoisotopic (exact) mass is 235 g/mol. The summed E-state index contributed by atoms with van der Waals surface area (Å²) in [5.41, 5.74) is 1.33. The smallest absolute Gasteiger partial charge is 0.335 e. The second-order valence-corrected chi connectivity index (χ2v) is 4.30. The maximum Gasteiger partial charge on any atom is 0.335 e. The number of carboxylic acid groups (broad SMARTS) is 1. The molecule has 1 aliphatic heterocycles. The molecule has 1 aromatic carbocycles. The first kappa shape index (κ1) is 12.1. The van der Waals surface area contributed by atoms with Crippen LogP contribution in [0.1, 0.15) is 28.8 Å². The molecule has 0 saturated carbocycles. The summed E-state index contributed by atoms with van der Waals surface area (Å²) in [6.07, 6.45) is 2.21. The molecule has 4 heteroatoms. The third kappa shape index (κ3) is 3.54. The summed E-state index contributed by atoms with van der Waals surface area (Å²) in [5.74, 6) is -0.882. The summed E-state index contributed by atoms with van der Waals surface area (Å²) in [6.45, 7) is 2.29. The first-order chi connectivity index (χ1) is 8.25. The van der Waals surface area contributed by atoms with Crippen LogP contribution in [-0.2, 0) is 11.3 Å². The Hall–Kier alpha value is -1.39. The van der Waals surface area contributed by atoms with E-state index in [9.17, 15) is 4.79 Å². The van der Waals surface area contributed by atoms with Crippen molar-refractivity contribution in [1.29, 1.82) is 0 Å². The van der Waals surface area contributed by atoms with Crippen LogP contribution in [0.3, 0.4) is 0 Å². The van der Waals surface area contributed by atoms with Crippen LogP contribution < -0.4 is 5.32 Å². The fourth-order valence-corrected chi connectivity index (χ4v) is 1.98. The van der Waals surface area contributed by atoms with Gasteiger partial charge in [0.25, 0.3) is 0 Å². The molecule has 0 aromatic heterocycles. The maximum atomic E-state index is 10.8. The van der Waals surface area contributed by atoms with Gasteiger partial charge < -0.3 is 15.2 Å². The van der Waals surface area contributed by atoms with E-state index in [1.54, 1.807) is 18.2 Å². The number of benzene rings is 1. The lowest BCUT2D eigenvalue weighted by molar-refractivity contribution is 0.0692. The molecule has 0 bridgehead atoms. The van der Waals surface area contributed by atoms with E-state index in [2.05, 4.69) is 5.32 Å². The molecule has 2 rings (SSSR count). The summed E-state index contributed by atoms with van der Waals surface area (Å²) in [7, 11) is 0. The maximum absolute atomic E-state index is 10.8. The first-order valence-electron chi connectivity index (χ1n) is 5.89. The van der Waals surface area contributed by atoms with E-state index < -0.39 is 5.97 Å². The van der Waals surface area contributed by atoms with Crippen LogP contribution in [0.25, 0.3) is 0 Å². The van der Waals surface area contributed by atoms with Gasteiger partial charge in [0.1, 0.15) is 0 Å². The molecule has 0 spiro atoms. The average molecular weight is 235 g/mol. The quantitative estimate of drug-likeness (QED) is 0.833. The Morgan fingerprint density at radius 2 is 2.41 bits per heavy atom. The second-order valence-electron chi connectivity index (χ2n) is 4.30. The third-order valence-corrected chi connectivity index (χ3v) is 2.93. The molecule has 1 atom stereocenters. The van der Waals surface area contributed by atoms with Crippen LogP contribution in [0.5, 0.6) is 0 Å². The largest absolute Gasteiger partial charge is 0.478 e. The van der Waals surface area contributed by atoms with Crippen molar-refractivity contribution in [3.8, 4) is 0 Å². The van der Waals surface area contributed by atoms with Gasteiger partial charge in [-0.05, 0) is 30.5 Å². The fourth-order valence-electron chi connectivity index (χ4n) is 1.98. The van der Waals surface area contributed by atoms with Crippen LogP contribution >= 0.6 is 0 Å². The highest BCUT2D eigenvalue weighted by Gasteiger charge is 2.13. The van der Waals surface area contributed by atoms with E-state index in [4.69, 9.17) is 9.84 Å². The van der Waals surface area contributed by atoms with E-state index in [1.807, 2.05) is 6.07 Å². The Kier molecular flexibility index (Phi) is 4.12. The number of carboxylic acids is 1. The number of nitrogens with one attached hydrogen (secondary N) is 1. The summed E-state index contributed by atoms with van der Waals surface area (Å²) in [5, 5.41) is 12.3. The van der Waals surface area contributed by atoms with Gasteiger partial charge in [0.2, 0.25) is 0 Å². The average Bonchev–Trinajstić information content (AvgIpc) is 2.38. The number of ether oxygens (including phenoxy) is 1. The molecule has 17 heavy (non-hydrogen) atoms. The Morgan fingerprint density at radius 3 is 3.12 bits per heavy atom. The Morgan fingerprint density at radius 1 is 1.53 bits per heavy atom. The highest BCUT2D eigenvalue weighted by molar-refractivity contribution is 5.87. The van der Waals surface area contributed by atoms with Gasteiger partial charge in [0, 0.05) is 19.2 Å². The minimum Gasteiger partial charge on any atom is -0.478 e. The van der Waals surface area contributed by atoms with Gasteiger partial charge in [-0.15, -0.1) is 0 Å². The SMILES string of the molecule is O=C(O)c1cccc(CNC2CCCOC2)c1. The second kappa shape index (κ2) is 5.80. The molecule has 0 amide bonds. The topological polar surface area (TPSA) is 58.6 Å². The van der Waals surface area contributed by atoms with Gasteiger partial charge in [0.05, 0.1) is 12.2 Å². The summed E-state index contributed by atoms with van der Waals surface area (Å²) < 4.78 is 5.38. The van der Waals surface area contributed by atoms with Crippen molar-refractivity contribution >= 4 is 5.97 Å². The molecule has 92 valence electrons. The Labute approximate surface area is 101 Å². The van der Waals surface area contributed by atoms with Gasteiger partial charge in [-0.2, -0.15) is 0 Å². The molecule has 2 N–H and O–H groups in total. The lowest BCUT2D eigenvalue weighted by Crippen LogP contribution is -2.36. The zero-order valence-electron chi connectivity index (χ0n) is 9.69. The molecule has 1 heterocycles. The van der Waals surface area contributed by atoms with Crippen LogP contribution in [0.4, 0.5) is 0 Å². The number of hydrogen-bond acceptors (Lipinski definition) is 3. The van der Waals surface area contributed by atoms with Crippen molar-refractivity contribution in [3.05, 3.63) is 35.4 Å². The van der Waals surface area contributed by atoms with Gasteiger partial charge >= 0.3 is 5.97 Å². The van der Waals surface area contributed by atoms with Gasteiger partial charge in [-0.3, -0.25) is 0 Å². The first-order valence-corrected chi connectivity index (χ1v) is 5.89. The molecule has 1 unspecified atom stereocenters. The molecular formula is C13H17NO3. The van der Waals surface area contributed by atoms with Crippen molar-refractivity contribution < 1.29 is 14.6 Å². The van der Waals surface area contributed by atoms with Crippen LogP contribution in [0.15, 0.2) is 24.3 Å². The van der Waals surface area contributed by atoms with Crippen LogP contribution in [-0.4, -0.2) is 30.3 Å². The minimum atomic E-state index is -0.882. The van der Waals surface area contributed by atoms with Gasteiger partial charge in [-0.25, -0.2) is 4.79 Å². The lowest BCUT2D eigenvalue weighted by atomic mass is 10.1. The van der Waals surface area contributed by atoms with Gasteiger partial charge in [0.15, 0.2) is 0 Å². The summed E-state index contributed by atoms with van der Waals surface area (Å²) in [6, 6.07) is 7.41. The third-order valence-electron chi connectivity index (χ3n) is 2.93. The normalized spacial score (nSPS) is 20.1. The zero-order valence-corrected chi connectivity index (χ0v) is 9.69. The molecule has 4 nitrogen and oxygen atoms in total. The molecule has 1 aromatic rings. The predicted octanol–water partition coefficient (Wildman–Crippen LogP) is 1.65. The molecule has 1 saturated heterocycles. The fraction of sp³-hybridized carbons (Fsp3) is 0.462. The van der Waals surface area contributed by atoms with Crippen LogP contribution in [0.2, 0.25) is 0 Å².